The molecule has 0 aromatic carbocycles. The first-order valence-electron chi connectivity index (χ1n) is 2.73. The molecule has 0 atom stereocenters. The van der Waals surface area contributed by atoms with Gasteiger partial charge in [0, 0.05) is 0 Å². The van der Waals surface area contributed by atoms with E-state index in [4.69, 9.17) is 0 Å². The zero-order valence-corrected chi connectivity index (χ0v) is 6.80. The fourth-order valence-electron chi connectivity index (χ4n) is 0.321. The molecule has 0 aliphatic rings. The van der Waals surface area contributed by atoms with Crippen LogP contribution < -0.4 is 15.9 Å². The van der Waals surface area contributed by atoms with E-state index in [1.54, 1.807) is 0 Å². The summed E-state index contributed by atoms with van der Waals surface area (Å²) in [5.41, 5.74) is 0. The van der Waals surface area contributed by atoms with Crippen molar-refractivity contribution in [3.63, 3.8) is 0 Å². The van der Waals surface area contributed by atoms with Crippen LogP contribution in [0.3, 0.4) is 0 Å². The number of rotatable bonds is 4. The van der Waals surface area contributed by atoms with Crippen molar-refractivity contribution in [2.45, 2.75) is 19.8 Å². The predicted octanol–water partition coefficient (Wildman–Crippen LogP) is -0.206. The number of hydrogen-bond acceptors (Lipinski definition) is 5. The van der Waals surface area contributed by atoms with Gasteiger partial charge in [0.25, 0.3) is 0 Å². The van der Waals surface area contributed by atoms with E-state index in [0.29, 0.717) is 6.42 Å². The average Bonchev–Trinajstić information content (AvgIpc) is 1.63. The van der Waals surface area contributed by atoms with E-state index < -0.39 is 7.82 Å². The number of phosphoric ester groups is 1. The van der Waals surface area contributed by atoms with Crippen molar-refractivity contribution in [2.24, 2.45) is 0 Å². The molecular formula is C4H12NO4P-2. The Morgan fingerprint density at radius 3 is 2.30 bits per heavy atom. The normalized spacial score (nSPS) is 10.7. The summed E-state index contributed by atoms with van der Waals surface area (Å²) in [4.78, 5) is 19.5. The molecule has 0 aliphatic carbocycles. The van der Waals surface area contributed by atoms with Gasteiger partial charge in [0.15, 0.2) is 0 Å². The lowest BCUT2D eigenvalue weighted by atomic mass is 10.4. The Bertz CT molecular complexity index is 112. The van der Waals surface area contributed by atoms with Crippen LogP contribution in [0.4, 0.5) is 0 Å². The van der Waals surface area contributed by atoms with Crippen LogP contribution in [-0.4, -0.2) is 6.61 Å². The highest BCUT2D eigenvalue weighted by Crippen LogP contribution is 2.24. The predicted molar refractivity (Wildman–Crippen MR) is 33.5 cm³/mol. The van der Waals surface area contributed by atoms with Crippen molar-refractivity contribution in [3.8, 4) is 0 Å². The van der Waals surface area contributed by atoms with Gasteiger partial charge in [-0.2, -0.15) is 0 Å². The van der Waals surface area contributed by atoms with Crippen LogP contribution in [0, 0.1) is 0 Å². The molecule has 0 saturated heterocycles. The van der Waals surface area contributed by atoms with Gasteiger partial charge in [-0.3, -0.25) is 0 Å². The van der Waals surface area contributed by atoms with E-state index in [9.17, 15) is 14.4 Å². The second-order valence-corrected chi connectivity index (χ2v) is 2.79. The molecular weight excluding hydrogens is 157 g/mol. The Labute approximate surface area is 60.2 Å². The minimum absolute atomic E-state index is 0. The van der Waals surface area contributed by atoms with E-state index in [1.165, 1.54) is 0 Å². The van der Waals surface area contributed by atoms with Crippen molar-refractivity contribution >= 4 is 7.82 Å². The van der Waals surface area contributed by atoms with Crippen LogP contribution in [-0.2, 0) is 9.09 Å². The van der Waals surface area contributed by atoms with E-state index in [-0.39, 0.29) is 12.8 Å². The summed E-state index contributed by atoms with van der Waals surface area (Å²) in [5.74, 6) is 0. The summed E-state index contributed by atoms with van der Waals surface area (Å²) >= 11 is 0. The zero-order chi connectivity index (χ0) is 7.33. The second kappa shape index (κ2) is 5.82. The van der Waals surface area contributed by atoms with E-state index >= 15 is 0 Å². The number of phosphoric acid groups is 1. The number of hydrogen-bond donors (Lipinski definition) is 1. The molecule has 0 bridgehead atoms. The summed E-state index contributed by atoms with van der Waals surface area (Å²) in [6.07, 6.45) is 1.43. The molecule has 0 saturated carbocycles. The van der Waals surface area contributed by atoms with Crippen LogP contribution >= 0.6 is 7.82 Å². The van der Waals surface area contributed by atoms with Crippen molar-refractivity contribution in [2.75, 3.05) is 6.61 Å². The molecule has 0 aliphatic heterocycles. The third-order valence-corrected chi connectivity index (χ3v) is 1.25. The highest BCUT2D eigenvalue weighted by Gasteiger charge is 1.88. The van der Waals surface area contributed by atoms with Crippen molar-refractivity contribution in [1.82, 2.24) is 6.15 Å². The smallest absolute Gasteiger partial charge is 0.0596 e. The fourth-order valence-corrected chi connectivity index (χ4v) is 0.673. The highest BCUT2D eigenvalue weighted by atomic mass is 31.2. The molecule has 0 radical (unpaired) electrons. The lowest BCUT2D eigenvalue weighted by molar-refractivity contribution is -0.341. The van der Waals surface area contributed by atoms with Gasteiger partial charge < -0.3 is 25.0 Å². The molecule has 0 aromatic heterocycles. The average molecular weight is 169 g/mol. The Morgan fingerprint density at radius 1 is 1.50 bits per heavy atom. The van der Waals surface area contributed by atoms with Crippen LogP contribution in [0.2, 0.25) is 0 Å². The maximum atomic E-state index is 9.76. The molecule has 0 unspecified atom stereocenters. The maximum absolute atomic E-state index is 9.76. The molecule has 3 N–H and O–H groups in total. The van der Waals surface area contributed by atoms with Crippen LogP contribution in [0.1, 0.15) is 19.8 Å². The first-order chi connectivity index (χ1) is 4.06. The minimum atomic E-state index is -4.70. The minimum Gasteiger partial charge on any atom is -0.790 e. The van der Waals surface area contributed by atoms with Gasteiger partial charge in [0.1, 0.15) is 0 Å². The lowest BCUT2D eigenvalue weighted by Gasteiger charge is -2.28. The highest BCUT2D eigenvalue weighted by molar-refractivity contribution is 7.43. The van der Waals surface area contributed by atoms with Crippen LogP contribution in [0.5, 0.6) is 0 Å². The van der Waals surface area contributed by atoms with E-state index in [1.807, 2.05) is 6.92 Å². The molecule has 0 heterocycles. The second-order valence-electron chi connectivity index (χ2n) is 1.63. The Balaban J connectivity index is 0. The molecule has 5 nitrogen and oxygen atoms in total. The fraction of sp³-hybridized carbons (Fsp3) is 1.00. The maximum Gasteiger partial charge on any atom is 0.0596 e. The summed E-state index contributed by atoms with van der Waals surface area (Å²) in [6, 6.07) is 0. The molecule has 0 rings (SSSR count). The topological polar surface area (TPSA) is 107 Å². The molecule has 0 fully saturated rings. The molecule has 0 aromatic rings. The van der Waals surface area contributed by atoms with Gasteiger partial charge in [0.05, 0.1) is 14.4 Å². The van der Waals surface area contributed by atoms with Gasteiger partial charge in [-0.05, 0) is 6.42 Å². The monoisotopic (exact) mass is 169 g/mol. The summed E-state index contributed by atoms with van der Waals surface area (Å²) in [5, 5.41) is 0. The molecule has 64 valence electrons. The molecule has 0 spiro atoms. The van der Waals surface area contributed by atoms with Crippen molar-refractivity contribution in [1.29, 1.82) is 0 Å². The third kappa shape index (κ3) is 10.9. The van der Waals surface area contributed by atoms with Gasteiger partial charge in [-0.15, -0.1) is 0 Å². The lowest BCUT2D eigenvalue weighted by Crippen LogP contribution is -2.16. The van der Waals surface area contributed by atoms with Crippen LogP contribution in [0.15, 0.2) is 0 Å². The summed E-state index contributed by atoms with van der Waals surface area (Å²) in [6.45, 7) is 1.89. The quantitative estimate of drug-likeness (QED) is 0.462. The standard InChI is InChI=1S/C4H11O4P.H3N/c1-2-3-4-8-9(5,6)7;/h2-4H2,1H3,(H2,5,6,7);1H3/p-2. The number of unbranched alkanes of at least 4 members (excludes halogenated alkanes) is 1. The Kier molecular flexibility index (Phi) is 7.41. The summed E-state index contributed by atoms with van der Waals surface area (Å²) < 4.78 is 13.7. The third-order valence-electron chi connectivity index (χ3n) is 0.747. The summed E-state index contributed by atoms with van der Waals surface area (Å²) in [7, 11) is -4.70. The molecule has 0 amide bonds. The molecule has 10 heavy (non-hydrogen) atoms. The van der Waals surface area contributed by atoms with E-state index in [0.717, 1.165) is 6.42 Å². The van der Waals surface area contributed by atoms with Crippen molar-refractivity contribution < 1.29 is 18.9 Å². The van der Waals surface area contributed by atoms with Gasteiger partial charge in [0.2, 0.25) is 0 Å². The first kappa shape index (κ1) is 12.7. The Morgan fingerprint density at radius 2 is 2.00 bits per heavy atom. The van der Waals surface area contributed by atoms with Gasteiger partial charge in [-0.1, -0.05) is 13.3 Å². The van der Waals surface area contributed by atoms with E-state index in [2.05, 4.69) is 4.52 Å². The first-order valence-corrected chi connectivity index (χ1v) is 4.19. The van der Waals surface area contributed by atoms with Crippen LogP contribution in [0.25, 0.3) is 0 Å². The largest absolute Gasteiger partial charge is 0.790 e. The Hall–Kier alpha value is 0.0700. The van der Waals surface area contributed by atoms with Gasteiger partial charge in [-0.25, -0.2) is 0 Å². The SMILES string of the molecule is CCCCOP(=O)([O-])[O-].N. The van der Waals surface area contributed by atoms with Gasteiger partial charge >= 0.3 is 0 Å². The zero-order valence-electron chi connectivity index (χ0n) is 5.91. The van der Waals surface area contributed by atoms with Crippen molar-refractivity contribution in [3.05, 3.63) is 0 Å². The molecule has 6 heteroatoms.